The van der Waals surface area contributed by atoms with Crippen molar-refractivity contribution in [1.82, 2.24) is 5.32 Å². The van der Waals surface area contributed by atoms with Gasteiger partial charge in [-0.25, -0.2) is 0 Å². The first-order valence-corrected chi connectivity index (χ1v) is 3.14. The summed E-state index contributed by atoms with van der Waals surface area (Å²) in [6.45, 7) is 0. The van der Waals surface area contributed by atoms with Gasteiger partial charge in [0.25, 0.3) is 0 Å². The Kier molecular flexibility index (Phi) is 4.72. The first-order valence-electron chi connectivity index (χ1n) is 3.14. The summed E-state index contributed by atoms with van der Waals surface area (Å²) in [7, 11) is 0. The molecule has 1 atom stereocenters. The van der Waals surface area contributed by atoms with Crippen molar-refractivity contribution in [3.8, 4) is 0 Å². The van der Waals surface area contributed by atoms with Gasteiger partial charge < -0.3 is 15.8 Å². The van der Waals surface area contributed by atoms with Crippen molar-refractivity contribution in [2.75, 3.05) is 0 Å². The van der Waals surface area contributed by atoms with Gasteiger partial charge in [-0.2, -0.15) is 0 Å². The average molecular weight is 158 g/mol. The number of aldehydes is 1. The summed E-state index contributed by atoms with van der Waals surface area (Å²) in [6.07, 6.45) is 1.35. The molecule has 1 unspecified atom stereocenters. The molecular weight excluding hydrogens is 148 g/mol. The molecule has 62 valence electrons. The van der Waals surface area contributed by atoms with Crippen LogP contribution in [0.15, 0.2) is 0 Å². The molecule has 0 radical (unpaired) electrons. The highest BCUT2D eigenvalue weighted by atomic mass is 16.1. The fourth-order valence-corrected chi connectivity index (χ4v) is 0.576. The zero-order chi connectivity index (χ0) is 8.69. The van der Waals surface area contributed by atoms with E-state index in [1.54, 1.807) is 0 Å². The smallest absolute Gasteiger partial charge is 0.217 e. The Balaban J connectivity index is 3.59. The molecule has 0 aromatic carbocycles. The van der Waals surface area contributed by atoms with Crippen LogP contribution in [0.5, 0.6) is 0 Å². The Hall–Kier alpha value is -1.39. The number of rotatable bonds is 6. The second-order valence-corrected chi connectivity index (χ2v) is 2.03. The monoisotopic (exact) mass is 158 g/mol. The van der Waals surface area contributed by atoms with Crippen molar-refractivity contribution in [2.24, 2.45) is 5.73 Å². The molecule has 0 saturated carbocycles. The van der Waals surface area contributed by atoms with Crippen LogP contribution in [-0.4, -0.2) is 24.6 Å². The molecule has 0 spiro atoms. The van der Waals surface area contributed by atoms with Crippen LogP contribution in [0.3, 0.4) is 0 Å². The number of amides is 2. The van der Waals surface area contributed by atoms with E-state index >= 15 is 0 Å². The predicted molar refractivity (Wildman–Crippen MR) is 37.5 cm³/mol. The maximum Gasteiger partial charge on any atom is 0.217 e. The van der Waals surface area contributed by atoms with Crippen LogP contribution in [0.2, 0.25) is 0 Å². The van der Waals surface area contributed by atoms with Crippen LogP contribution in [0.4, 0.5) is 0 Å². The Morgan fingerprint density at radius 3 is 2.55 bits per heavy atom. The molecule has 0 fully saturated rings. The highest BCUT2D eigenvalue weighted by Crippen LogP contribution is 1.91. The van der Waals surface area contributed by atoms with Crippen LogP contribution >= 0.6 is 0 Å². The molecule has 5 nitrogen and oxygen atoms in total. The minimum atomic E-state index is -0.597. The van der Waals surface area contributed by atoms with Crippen LogP contribution in [0.1, 0.15) is 12.8 Å². The van der Waals surface area contributed by atoms with Gasteiger partial charge in [-0.15, -0.1) is 0 Å². The van der Waals surface area contributed by atoms with Crippen molar-refractivity contribution in [3.05, 3.63) is 0 Å². The Morgan fingerprint density at radius 2 is 2.18 bits per heavy atom. The van der Waals surface area contributed by atoms with E-state index in [2.05, 4.69) is 5.32 Å². The number of primary amides is 1. The molecule has 0 aliphatic rings. The van der Waals surface area contributed by atoms with E-state index in [1.165, 1.54) is 0 Å². The number of hydrogen-bond acceptors (Lipinski definition) is 3. The molecule has 3 N–H and O–H groups in total. The molecule has 0 heterocycles. The maximum atomic E-state index is 10.2. The van der Waals surface area contributed by atoms with Gasteiger partial charge in [0.1, 0.15) is 6.29 Å². The van der Waals surface area contributed by atoms with Gasteiger partial charge in [-0.1, -0.05) is 0 Å². The molecule has 11 heavy (non-hydrogen) atoms. The fraction of sp³-hybridized carbons (Fsp3) is 0.500. The Bertz CT molecular complexity index is 158. The van der Waals surface area contributed by atoms with E-state index in [1.807, 2.05) is 0 Å². The van der Waals surface area contributed by atoms with Gasteiger partial charge in [-0.3, -0.25) is 9.59 Å². The number of nitrogens with two attached hydrogens (primary N) is 1. The summed E-state index contributed by atoms with van der Waals surface area (Å²) < 4.78 is 0. The highest BCUT2D eigenvalue weighted by molar-refractivity contribution is 5.74. The summed E-state index contributed by atoms with van der Waals surface area (Å²) in [5, 5.41) is 2.23. The van der Waals surface area contributed by atoms with Crippen molar-refractivity contribution in [3.63, 3.8) is 0 Å². The molecule has 0 saturated heterocycles. The Morgan fingerprint density at radius 1 is 1.55 bits per heavy atom. The van der Waals surface area contributed by atoms with Gasteiger partial charge in [-0.05, 0) is 6.42 Å². The first kappa shape index (κ1) is 9.61. The van der Waals surface area contributed by atoms with Crippen molar-refractivity contribution in [1.29, 1.82) is 0 Å². The first-order chi connectivity index (χ1) is 5.20. The molecule has 0 aliphatic heterocycles. The second kappa shape index (κ2) is 5.40. The molecule has 0 aromatic rings. The third-order valence-electron chi connectivity index (χ3n) is 1.15. The minimum absolute atomic E-state index is 0.101. The van der Waals surface area contributed by atoms with Crippen LogP contribution in [-0.2, 0) is 14.4 Å². The molecule has 0 rings (SSSR count). The van der Waals surface area contributed by atoms with E-state index in [0.717, 1.165) is 0 Å². The highest BCUT2D eigenvalue weighted by Gasteiger charge is 2.05. The molecule has 5 heteroatoms. The zero-order valence-corrected chi connectivity index (χ0v) is 5.95. The molecule has 0 bridgehead atoms. The van der Waals surface area contributed by atoms with Gasteiger partial charge in [0.2, 0.25) is 12.3 Å². The quantitative estimate of drug-likeness (QED) is 0.464. The van der Waals surface area contributed by atoms with E-state index in [9.17, 15) is 14.4 Å². The van der Waals surface area contributed by atoms with Crippen molar-refractivity contribution >= 4 is 18.6 Å². The van der Waals surface area contributed by atoms with Crippen LogP contribution < -0.4 is 11.1 Å². The zero-order valence-electron chi connectivity index (χ0n) is 5.95. The Labute approximate surface area is 63.9 Å². The lowest BCUT2D eigenvalue weighted by Gasteiger charge is -2.05. The summed E-state index contributed by atoms with van der Waals surface area (Å²) in [6, 6.07) is -0.597. The van der Waals surface area contributed by atoms with Crippen LogP contribution in [0, 0.1) is 0 Å². The largest absolute Gasteiger partial charge is 0.370 e. The molecular formula is C6H10N2O3. The van der Waals surface area contributed by atoms with E-state index < -0.39 is 11.9 Å². The summed E-state index contributed by atoms with van der Waals surface area (Å²) in [5.41, 5.74) is 4.82. The number of hydrogen-bond donors (Lipinski definition) is 2. The SMILES string of the molecule is NC(=O)CCC(C=O)NC=O. The van der Waals surface area contributed by atoms with E-state index in [-0.39, 0.29) is 12.8 Å². The van der Waals surface area contributed by atoms with E-state index in [0.29, 0.717) is 12.7 Å². The maximum absolute atomic E-state index is 10.2. The summed E-state index contributed by atoms with van der Waals surface area (Å²) in [4.78, 5) is 30.2. The summed E-state index contributed by atoms with van der Waals surface area (Å²) in [5.74, 6) is -0.482. The second-order valence-electron chi connectivity index (χ2n) is 2.03. The van der Waals surface area contributed by atoms with E-state index in [4.69, 9.17) is 5.73 Å². The lowest BCUT2D eigenvalue weighted by molar-refractivity contribution is -0.119. The van der Waals surface area contributed by atoms with Crippen molar-refractivity contribution in [2.45, 2.75) is 18.9 Å². The molecule has 2 amide bonds. The summed E-state index contributed by atoms with van der Waals surface area (Å²) >= 11 is 0. The standard InChI is InChI=1S/C6H10N2O3/c7-6(11)2-1-5(3-9)8-4-10/h3-5H,1-2H2,(H2,7,11)(H,8,10). The lowest BCUT2D eigenvalue weighted by Crippen LogP contribution is -2.30. The number of carbonyl (C=O) groups excluding carboxylic acids is 3. The van der Waals surface area contributed by atoms with Gasteiger partial charge in [0, 0.05) is 6.42 Å². The minimum Gasteiger partial charge on any atom is -0.370 e. The average Bonchev–Trinajstić information content (AvgIpc) is 1.97. The molecule has 0 aliphatic carbocycles. The number of carbonyl (C=O) groups is 3. The normalized spacial score (nSPS) is 11.6. The topological polar surface area (TPSA) is 89.3 Å². The van der Waals surface area contributed by atoms with Crippen LogP contribution in [0.25, 0.3) is 0 Å². The lowest BCUT2D eigenvalue weighted by atomic mass is 10.2. The van der Waals surface area contributed by atoms with Gasteiger partial charge >= 0.3 is 0 Å². The van der Waals surface area contributed by atoms with Gasteiger partial charge in [0.05, 0.1) is 6.04 Å². The fourth-order valence-electron chi connectivity index (χ4n) is 0.576. The van der Waals surface area contributed by atoms with Gasteiger partial charge in [0.15, 0.2) is 0 Å². The number of nitrogens with one attached hydrogen (secondary N) is 1. The molecule has 0 aromatic heterocycles. The predicted octanol–water partition coefficient (Wildman–Crippen LogP) is -1.43. The van der Waals surface area contributed by atoms with Crippen molar-refractivity contribution < 1.29 is 14.4 Å². The third-order valence-corrected chi connectivity index (χ3v) is 1.15. The third kappa shape index (κ3) is 5.07.